The molecule has 2 N–H and O–H groups in total. The van der Waals surface area contributed by atoms with E-state index in [0.29, 0.717) is 12.4 Å². The Labute approximate surface area is 261 Å². The van der Waals surface area contributed by atoms with Crippen LogP contribution in [0.15, 0.2) is 73.2 Å². The lowest BCUT2D eigenvalue weighted by Gasteiger charge is -2.15. The second kappa shape index (κ2) is 12.1. The number of fused-ring (bicyclic) bond motifs is 2. The summed E-state index contributed by atoms with van der Waals surface area (Å²) in [5, 5.41) is 9.78. The predicted octanol–water partition coefficient (Wildman–Crippen LogP) is 7.04. The van der Waals surface area contributed by atoms with Crippen molar-refractivity contribution in [3.63, 3.8) is 0 Å². The minimum absolute atomic E-state index is 0.311. The first-order chi connectivity index (χ1) is 22.2. The number of benzene rings is 2. The molecule has 228 valence electrons. The number of aromatic amines is 2. The zero-order chi connectivity index (χ0) is 30.2. The van der Waals surface area contributed by atoms with Crippen molar-refractivity contribution >= 4 is 21.8 Å². The maximum Gasteiger partial charge on any atom is 0.127 e. The number of likely N-dealkylation sites (tertiary alicyclic amines) is 2. The van der Waals surface area contributed by atoms with E-state index in [9.17, 15) is 4.39 Å². The highest BCUT2D eigenvalue weighted by molar-refractivity contribution is 6.01. The van der Waals surface area contributed by atoms with Crippen LogP contribution in [0.1, 0.15) is 31.2 Å². The van der Waals surface area contributed by atoms with Crippen molar-refractivity contribution in [2.75, 3.05) is 39.3 Å². The van der Waals surface area contributed by atoms with E-state index >= 15 is 0 Å². The van der Waals surface area contributed by atoms with E-state index < -0.39 is 0 Å². The number of aromatic nitrogens is 5. The van der Waals surface area contributed by atoms with Gasteiger partial charge in [-0.15, -0.1) is 0 Å². The van der Waals surface area contributed by atoms with Gasteiger partial charge in [0.2, 0.25) is 0 Å². The molecule has 2 saturated heterocycles. The molecule has 6 aromatic rings. The Balaban J connectivity index is 1.09. The standard InChI is InChI=1S/C36H36FN7O/c37-27-15-25(16-28(17-27)45-13-12-43-8-1-2-9-43)29-6-5-7-32-30(29)18-34(40-32)36-31-19-33(39-22-35(31)41-42-36)26-14-24(20-38-21-26)23-44-10-3-4-11-44/h5-7,14-22,40H,1-4,8-13,23H2,(H,41,42). The monoisotopic (exact) mass is 601 g/mol. The van der Waals surface area contributed by atoms with Crippen LogP contribution in [0.4, 0.5) is 4.39 Å². The van der Waals surface area contributed by atoms with Gasteiger partial charge in [0.15, 0.2) is 0 Å². The summed E-state index contributed by atoms with van der Waals surface area (Å²) in [4.78, 5) is 17.7. The molecule has 0 spiro atoms. The molecular weight excluding hydrogens is 565 g/mol. The topological polar surface area (TPSA) is 86.0 Å². The number of ether oxygens (including phenoxy) is 1. The van der Waals surface area contributed by atoms with Crippen LogP contribution < -0.4 is 4.74 Å². The van der Waals surface area contributed by atoms with Gasteiger partial charge in [-0.2, -0.15) is 5.10 Å². The van der Waals surface area contributed by atoms with Gasteiger partial charge >= 0.3 is 0 Å². The van der Waals surface area contributed by atoms with Crippen molar-refractivity contribution in [3.8, 4) is 39.5 Å². The fraction of sp³-hybridized carbons (Fsp3) is 0.306. The smallest absolute Gasteiger partial charge is 0.127 e. The molecule has 0 bridgehead atoms. The highest BCUT2D eigenvalue weighted by Crippen LogP contribution is 2.36. The van der Waals surface area contributed by atoms with E-state index in [4.69, 9.17) is 9.72 Å². The Morgan fingerprint density at radius 1 is 0.800 bits per heavy atom. The number of hydrogen-bond donors (Lipinski definition) is 2. The van der Waals surface area contributed by atoms with E-state index in [1.807, 2.05) is 42.9 Å². The van der Waals surface area contributed by atoms with Gasteiger partial charge in [-0.1, -0.05) is 12.1 Å². The molecule has 4 aromatic heterocycles. The summed E-state index contributed by atoms with van der Waals surface area (Å²) in [5.41, 5.74) is 8.25. The highest BCUT2D eigenvalue weighted by Gasteiger charge is 2.17. The van der Waals surface area contributed by atoms with Crippen LogP contribution in [0.5, 0.6) is 5.75 Å². The molecule has 0 atom stereocenters. The molecule has 0 aliphatic carbocycles. The normalized spacial score (nSPS) is 15.9. The molecule has 2 fully saturated rings. The minimum atomic E-state index is -0.311. The molecule has 45 heavy (non-hydrogen) atoms. The summed E-state index contributed by atoms with van der Waals surface area (Å²) < 4.78 is 20.8. The summed E-state index contributed by atoms with van der Waals surface area (Å²) in [7, 11) is 0. The fourth-order valence-corrected chi connectivity index (χ4v) is 6.83. The van der Waals surface area contributed by atoms with Crippen LogP contribution >= 0.6 is 0 Å². The number of H-pyrrole nitrogens is 2. The number of nitrogens with zero attached hydrogens (tertiary/aromatic N) is 5. The third-order valence-corrected chi connectivity index (χ3v) is 9.12. The molecular formula is C36H36FN7O. The van der Waals surface area contributed by atoms with E-state index in [1.54, 1.807) is 6.07 Å². The molecule has 8 rings (SSSR count). The van der Waals surface area contributed by atoms with Gasteiger partial charge in [-0.3, -0.25) is 24.9 Å². The zero-order valence-electron chi connectivity index (χ0n) is 25.2. The average molecular weight is 602 g/mol. The van der Waals surface area contributed by atoms with Crippen LogP contribution in [-0.2, 0) is 6.54 Å². The predicted molar refractivity (Wildman–Crippen MR) is 175 cm³/mol. The third-order valence-electron chi connectivity index (χ3n) is 9.12. The lowest BCUT2D eigenvalue weighted by atomic mass is 10.0. The van der Waals surface area contributed by atoms with Crippen LogP contribution in [0, 0.1) is 5.82 Å². The largest absolute Gasteiger partial charge is 0.492 e. The summed E-state index contributed by atoms with van der Waals surface area (Å²) in [5.74, 6) is 0.239. The molecule has 0 amide bonds. The number of rotatable bonds is 9. The van der Waals surface area contributed by atoms with Gasteiger partial charge in [0.05, 0.1) is 23.1 Å². The number of pyridine rings is 2. The highest BCUT2D eigenvalue weighted by atomic mass is 19.1. The minimum Gasteiger partial charge on any atom is -0.492 e. The lowest BCUT2D eigenvalue weighted by Crippen LogP contribution is -2.25. The molecule has 6 heterocycles. The van der Waals surface area contributed by atoms with E-state index in [2.05, 4.69) is 48.2 Å². The number of halogens is 1. The van der Waals surface area contributed by atoms with E-state index in [0.717, 1.165) is 94.8 Å². The summed E-state index contributed by atoms with van der Waals surface area (Å²) in [6.45, 7) is 6.83. The summed E-state index contributed by atoms with van der Waals surface area (Å²) >= 11 is 0. The second-order valence-electron chi connectivity index (χ2n) is 12.3. The molecule has 2 aliphatic rings. The summed E-state index contributed by atoms with van der Waals surface area (Å²) in [6, 6.07) is 17.4. The second-order valence-corrected chi connectivity index (χ2v) is 12.3. The van der Waals surface area contributed by atoms with Crippen molar-refractivity contribution in [3.05, 3.63) is 84.6 Å². The third kappa shape index (κ3) is 5.81. The Morgan fingerprint density at radius 3 is 2.51 bits per heavy atom. The van der Waals surface area contributed by atoms with Crippen molar-refractivity contribution in [1.82, 2.24) is 34.9 Å². The molecule has 0 saturated carbocycles. The number of nitrogens with one attached hydrogen (secondary N) is 2. The SMILES string of the molecule is Fc1cc(OCCN2CCCC2)cc(-c2cccc3[nH]c(-c4n[nH]c5cnc(-c6cncc(CN7CCCC7)c6)cc45)cc23)c1. The first kappa shape index (κ1) is 27.9. The van der Waals surface area contributed by atoms with Gasteiger partial charge in [-0.25, -0.2) is 4.39 Å². The molecule has 9 heteroatoms. The molecule has 0 unspecified atom stereocenters. The first-order valence-corrected chi connectivity index (χ1v) is 16.0. The molecule has 0 radical (unpaired) electrons. The zero-order valence-corrected chi connectivity index (χ0v) is 25.2. The maximum atomic E-state index is 14.8. The van der Waals surface area contributed by atoms with Crippen molar-refractivity contribution in [2.45, 2.75) is 32.2 Å². The van der Waals surface area contributed by atoms with Crippen LogP contribution in [0.3, 0.4) is 0 Å². The van der Waals surface area contributed by atoms with Gasteiger partial charge in [0.25, 0.3) is 0 Å². The van der Waals surface area contributed by atoms with Crippen LogP contribution in [0.2, 0.25) is 0 Å². The van der Waals surface area contributed by atoms with E-state index in [-0.39, 0.29) is 5.82 Å². The average Bonchev–Trinajstić information content (AvgIpc) is 3.88. The Morgan fingerprint density at radius 2 is 1.64 bits per heavy atom. The molecule has 8 nitrogen and oxygen atoms in total. The Kier molecular flexibility index (Phi) is 7.48. The Bertz CT molecular complexity index is 1970. The first-order valence-electron chi connectivity index (χ1n) is 16.0. The van der Waals surface area contributed by atoms with Crippen molar-refractivity contribution in [2.24, 2.45) is 0 Å². The van der Waals surface area contributed by atoms with Gasteiger partial charge in [0, 0.05) is 53.4 Å². The quantitative estimate of drug-likeness (QED) is 0.185. The summed E-state index contributed by atoms with van der Waals surface area (Å²) in [6.07, 6.45) is 10.7. The van der Waals surface area contributed by atoms with E-state index in [1.165, 1.54) is 37.3 Å². The lowest BCUT2D eigenvalue weighted by molar-refractivity contribution is 0.237. The molecule has 2 aliphatic heterocycles. The van der Waals surface area contributed by atoms with Gasteiger partial charge in [0.1, 0.15) is 23.9 Å². The maximum absolute atomic E-state index is 14.8. The van der Waals surface area contributed by atoms with Crippen molar-refractivity contribution < 1.29 is 9.13 Å². The van der Waals surface area contributed by atoms with Crippen LogP contribution in [-0.4, -0.2) is 74.3 Å². The number of hydrogen-bond acceptors (Lipinski definition) is 6. The Hall–Kier alpha value is -4.60. The van der Waals surface area contributed by atoms with Crippen molar-refractivity contribution in [1.29, 1.82) is 0 Å². The van der Waals surface area contributed by atoms with Gasteiger partial charge in [-0.05, 0) is 105 Å². The fourth-order valence-electron chi connectivity index (χ4n) is 6.83. The van der Waals surface area contributed by atoms with Crippen LogP contribution in [0.25, 0.3) is 55.6 Å². The molecule has 2 aromatic carbocycles. The van der Waals surface area contributed by atoms with Gasteiger partial charge < -0.3 is 9.72 Å².